The highest BCUT2D eigenvalue weighted by atomic mass is 32.1. The summed E-state index contributed by atoms with van der Waals surface area (Å²) < 4.78 is 1.84. The minimum atomic E-state index is 0.907. The Hall–Kier alpha value is -2.17. The number of benzene rings is 1. The Bertz CT molecular complexity index is 760. The first-order valence-electron chi connectivity index (χ1n) is 8.20. The predicted molar refractivity (Wildman–Crippen MR) is 102 cm³/mol. The quantitative estimate of drug-likeness (QED) is 0.599. The van der Waals surface area contributed by atoms with Crippen LogP contribution in [0.2, 0.25) is 0 Å². The summed E-state index contributed by atoms with van der Waals surface area (Å²) in [6, 6.07) is 15.0. The molecule has 0 amide bonds. The number of thiophene rings is 1. The van der Waals surface area contributed by atoms with Crippen molar-refractivity contribution < 1.29 is 0 Å². The standard InChI is InChI=1S/C20H23N3S/c1-3-23-17(2)19(14-21-23)15-22(16-20-10-7-13-24-20)12-11-18-8-5-4-6-9-18/h3-10,13-14H,1,11-12,15-16H2,2H3. The molecule has 0 N–H and O–H groups in total. The first kappa shape index (κ1) is 16.7. The van der Waals surface area contributed by atoms with E-state index in [-0.39, 0.29) is 0 Å². The van der Waals surface area contributed by atoms with Crippen molar-refractivity contribution in [3.8, 4) is 0 Å². The zero-order valence-corrected chi connectivity index (χ0v) is 14.9. The molecular formula is C20H23N3S. The van der Waals surface area contributed by atoms with E-state index >= 15 is 0 Å². The highest BCUT2D eigenvalue weighted by molar-refractivity contribution is 7.09. The molecule has 0 unspecified atom stereocenters. The Labute approximate surface area is 147 Å². The van der Waals surface area contributed by atoms with E-state index in [2.05, 4.69) is 71.3 Å². The van der Waals surface area contributed by atoms with Gasteiger partial charge in [0.25, 0.3) is 0 Å². The number of aromatic nitrogens is 2. The van der Waals surface area contributed by atoms with Crippen LogP contribution in [0.25, 0.3) is 6.20 Å². The summed E-state index contributed by atoms with van der Waals surface area (Å²) in [4.78, 5) is 3.90. The number of hydrogen-bond donors (Lipinski definition) is 0. The second-order valence-electron chi connectivity index (χ2n) is 5.91. The van der Waals surface area contributed by atoms with E-state index in [1.807, 2.05) is 22.2 Å². The Balaban J connectivity index is 1.71. The van der Waals surface area contributed by atoms with Gasteiger partial charge in [0.15, 0.2) is 0 Å². The van der Waals surface area contributed by atoms with Crippen molar-refractivity contribution in [2.24, 2.45) is 0 Å². The average Bonchev–Trinajstić information content (AvgIpc) is 3.24. The van der Waals surface area contributed by atoms with Crippen LogP contribution in [0.4, 0.5) is 0 Å². The van der Waals surface area contributed by atoms with Gasteiger partial charge in [-0.25, -0.2) is 4.68 Å². The van der Waals surface area contributed by atoms with Gasteiger partial charge in [0, 0.05) is 42.0 Å². The van der Waals surface area contributed by atoms with Gasteiger partial charge in [0.1, 0.15) is 0 Å². The lowest BCUT2D eigenvalue weighted by Gasteiger charge is -2.21. The van der Waals surface area contributed by atoms with Crippen molar-refractivity contribution in [2.45, 2.75) is 26.4 Å². The molecule has 0 aliphatic heterocycles. The fraction of sp³-hybridized carbons (Fsp3) is 0.250. The van der Waals surface area contributed by atoms with Crippen LogP contribution in [-0.4, -0.2) is 21.2 Å². The van der Waals surface area contributed by atoms with E-state index in [4.69, 9.17) is 0 Å². The van der Waals surface area contributed by atoms with Crippen LogP contribution in [0.1, 0.15) is 21.7 Å². The molecule has 0 aliphatic carbocycles. The first-order valence-corrected chi connectivity index (χ1v) is 9.08. The van der Waals surface area contributed by atoms with E-state index in [0.29, 0.717) is 0 Å². The number of hydrogen-bond acceptors (Lipinski definition) is 3. The normalized spacial score (nSPS) is 11.1. The molecule has 2 heterocycles. The third kappa shape index (κ3) is 4.22. The maximum atomic E-state index is 4.38. The van der Waals surface area contributed by atoms with E-state index in [1.165, 1.54) is 21.7 Å². The fourth-order valence-electron chi connectivity index (χ4n) is 2.81. The summed E-state index contributed by atoms with van der Waals surface area (Å²) in [5.74, 6) is 0. The molecule has 4 heteroatoms. The molecule has 0 fully saturated rings. The summed E-state index contributed by atoms with van der Waals surface area (Å²) in [5.41, 5.74) is 3.81. The van der Waals surface area contributed by atoms with Crippen LogP contribution >= 0.6 is 11.3 Å². The molecule has 3 nitrogen and oxygen atoms in total. The molecule has 3 aromatic rings. The van der Waals surface area contributed by atoms with Crippen LogP contribution in [0.15, 0.2) is 60.6 Å². The van der Waals surface area contributed by atoms with E-state index in [1.54, 1.807) is 6.20 Å². The Kier molecular flexibility index (Phi) is 5.62. The van der Waals surface area contributed by atoms with Crippen molar-refractivity contribution >= 4 is 17.5 Å². The average molecular weight is 337 g/mol. The van der Waals surface area contributed by atoms with Gasteiger partial charge in [-0.2, -0.15) is 5.10 Å². The van der Waals surface area contributed by atoms with E-state index < -0.39 is 0 Å². The zero-order chi connectivity index (χ0) is 16.8. The molecule has 0 aliphatic rings. The Morgan fingerprint density at radius 1 is 1.17 bits per heavy atom. The molecule has 1 aromatic carbocycles. The maximum absolute atomic E-state index is 4.38. The third-order valence-electron chi connectivity index (χ3n) is 4.23. The summed E-state index contributed by atoms with van der Waals surface area (Å²) in [7, 11) is 0. The minimum Gasteiger partial charge on any atom is -0.294 e. The Morgan fingerprint density at radius 2 is 2.00 bits per heavy atom. The molecule has 124 valence electrons. The second kappa shape index (κ2) is 8.08. The molecule has 0 spiro atoms. The lowest BCUT2D eigenvalue weighted by molar-refractivity contribution is 0.262. The van der Waals surface area contributed by atoms with Gasteiger partial charge >= 0.3 is 0 Å². The molecule has 0 saturated heterocycles. The molecule has 0 radical (unpaired) electrons. The predicted octanol–water partition coefficient (Wildman–Crippen LogP) is 4.60. The fourth-order valence-corrected chi connectivity index (χ4v) is 3.55. The van der Waals surface area contributed by atoms with Gasteiger partial charge < -0.3 is 0 Å². The summed E-state index contributed by atoms with van der Waals surface area (Å²) in [6.45, 7) is 8.82. The second-order valence-corrected chi connectivity index (χ2v) is 6.94. The van der Waals surface area contributed by atoms with Crippen molar-refractivity contribution in [3.05, 3.63) is 82.3 Å². The van der Waals surface area contributed by atoms with Crippen LogP contribution in [0.3, 0.4) is 0 Å². The monoisotopic (exact) mass is 337 g/mol. The van der Waals surface area contributed by atoms with Gasteiger partial charge in [0.05, 0.1) is 6.20 Å². The lowest BCUT2D eigenvalue weighted by Crippen LogP contribution is -2.25. The first-order chi connectivity index (χ1) is 11.8. The van der Waals surface area contributed by atoms with Gasteiger partial charge in [-0.3, -0.25) is 4.90 Å². The topological polar surface area (TPSA) is 21.1 Å². The smallest absolute Gasteiger partial charge is 0.0541 e. The van der Waals surface area contributed by atoms with E-state index in [0.717, 1.165) is 26.1 Å². The summed E-state index contributed by atoms with van der Waals surface area (Å²) in [6.07, 6.45) is 4.77. The third-order valence-corrected chi connectivity index (χ3v) is 5.09. The lowest BCUT2D eigenvalue weighted by atomic mass is 10.1. The highest BCUT2D eigenvalue weighted by Crippen LogP contribution is 2.17. The van der Waals surface area contributed by atoms with Crippen molar-refractivity contribution in [1.29, 1.82) is 0 Å². The molecule has 24 heavy (non-hydrogen) atoms. The zero-order valence-electron chi connectivity index (χ0n) is 14.1. The molecule has 0 saturated carbocycles. The number of nitrogens with zero attached hydrogens (tertiary/aromatic N) is 3. The van der Waals surface area contributed by atoms with Crippen LogP contribution in [0, 0.1) is 6.92 Å². The SMILES string of the molecule is C=Cn1ncc(CN(CCc2ccccc2)Cc2cccs2)c1C. The molecular weight excluding hydrogens is 314 g/mol. The maximum Gasteiger partial charge on any atom is 0.0541 e. The highest BCUT2D eigenvalue weighted by Gasteiger charge is 2.12. The van der Waals surface area contributed by atoms with Gasteiger partial charge in [0.2, 0.25) is 0 Å². The van der Waals surface area contributed by atoms with Crippen LogP contribution in [0.5, 0.6) is 0 Å². The van der Waals surface area contributed by atoms with E-state index in [9.17, 15) is 0 Å². The van der Waals surface area contributed by atoms with Crippen molar-refractivity contribution in [1.82, 2.24) is 14.7 Å². The van der Waals surface area contributed by atoms with Crippen LogP contribution in [-0.2, 0) is 19.5 Å². The molecule has 0 atom stereocenters. The minimum absolute atomic E-state index is 0.907. The van der Waals surface area contributed by atoms with Gasteiger partial charge in [-0.05, 0) is 30.4 Å². The Morgan fingerprint density at radius 3 is 2.67 bits per heavy atom. The van der Waals surface area contributed by atoms with Gasteiger partial charge in [-0.1, -0.05) is 43.0 Å². The van der Waals surface area contributed by atoms with Crippen LogP contribution < -0.4 is 0 Å². The van der Waals surface area contributed by atoms with Crippen molar-refractivity contribution in [2.75, 3.05) is 6.54 Å². The molecule has 3 rings (SSSR count). The van der Waals surface area contributed by atoms with Crippen molar-refractivity contribution in [3.63, 3.8) is 0 Å². The number of rotatable bonds is 8. The molecule has 0 bridgehead atoms. The largest absolute Gasteiger partial charge is 0.294 e. The summed E-state index contributed by atoms with van der Waals surface area (Å²) in [5, 5.41) is 6.52. The summed E-state index contributed by atoms with van der Waals surface area (Å²) >= 11 is 1.82. The van der Waals surface area contributed by atoms with Gasteiger partial charge in [-0.15, -0.1) is 11.3 Å². The molecule has 2 aromatic heterocycles.